The molecule has 96 valence electrons. The first-order chi connectivity index (χ1) is 7.73. The van der Waals surface area contributed by atoms with Gasteiger partial charge >= 0.3 is 29.6 Å². The van der Waals surface area contributed by atoms with Crippen LogP contribution in [0.3, 0.4) is 0 Å². The zero-order valence-corrected chi connectivity index (χ0v) is 15.3. The first kappa shape index (κ1) is 18.6. The number of hydrogen-bond donors (Lipinski definition) is 0. The van der Waals surface area contributed by atoms with E-state index in [0.29, 0.717) is 11.3 Å². The van der Waals surface area contributed by atoms with E-state index in [-0.39, 0.29) is 34.5 Å². The fourth-order valence-corrected chi connectivity index (χ4v) is 5.53. The molecule has 0 fully saturated rings. The van der Waals surface area contributed by atoms with Crippen molar-refractivity contribution in [2.75, 3.05) is 0 Å². The van der Waals surface area contributed by atoms with E-state index in [0.717, 1.165) is 5.30 Å². The van der Waals surface area contributed by atoms with Crippen molar-refractivity contribution in [1.29, 1.82) is 0 Å². The van der Waals surface area contributed by atoms with Gasteiger partial charge in [0, 0.05) is 0 Å². The minimum absolute atomic E-state index is 0. The Morgan fingerprint density at radius 3 is 2.00 bits per heavy atom. The van der Waals surface area contributed by atoms with E-state index in [1.54, 1.807) is 6.07 Å². The third-order valence-electron chi connectivity index (χ3n) is 2.52. The van der Waals surface area contributed by atoms with Gasteiger partial charge in [0.25, 0.3) is 0 Å². The maximum Gasteiger partial charge on any atom is 1.00 e. The van der Waals surface area contributed by atoms with Crippen molar-refractivity contribution in [2.24, 2.45) is 0 Å². The molecule has 3 nitrogen and oxygen atoms in total. The molecule has 6 heteroatoms. The quantitative estimate of drug-likeness (QED) is 0.428. The Hall–Kier alpha value is 0.560. The van der Waals surface area contributed by atoms with E-state index in [9.17, 15) is 13.0 Å². The van der Waals surface area contributed by atoms with Crippen LogP contribution in [0.5, 0.6) is 0 Å². The van der Waals surface area contributed by atoms with Gasteiger partial charge in [-0.1, -0.05) is 47.7 Å². The zero-order valence-electron chi connectivity index (χ0n) is 11.5. The smallest absolute Gasteiger partial charge is 0.744 e. The normalized spacial score (nSPS) is 12.0. The summed E-state index contributed by atoms with van der Waals surface area (Å²) in [6.45, 7) is 8.52. The summed E-state index contributed by atoms with van der Waals surface area (Å²) in [4.78, 5) is -0.121. The number of rotatable bonds is 4. The van der Waals surface area contributed by atoms with Crippen LogP contribution in [0, 0.1) is 0 Å². The Morgan fingerprint density at radius 2 is 1.61 bits per heavy atom. The Morgan fingerprint density at radius 1 is 1.11 bits per heavy atom. The van der Waals surface area contributed by atoms with Gasteiger partial charge in [0.2, 0.25) is 0 Å². The molecule has 1 aromatic carbocycles. The second-order valence-electron chi connectivity index (χ2n) is 4.55. The van der Waals surface area contributed by atoms with Gasteiger partial charge in [-0.25, -0.2) is 8.42 Å². The topological polar surface area (TPSA) is 57.2 Å². The third-order valence-corrected chi connectivity index (χ3v) is 6.45. The fraction of sp³-hybridized carbons (Fsp3) is 0.500. The average Bonchev–Trinajstić information content (AvgIpc) is 2.15. The van der Waals surface area contributed by atoms with Crippen molar-refractivity contribution in [2.45, 2.75) is 43.9 Å². The van der Waals surface area contributed by atoms with Gasteiger partial charge in [0.1, 0.15) is 10.1 Å². The second-order valence-corrected chi connectivity index (χ2v) is 9.32. The zero-order chi connectivity index (χ0) is 13.2. The van der Waals surface area contributed by atoms with Crippen LogP contribution in [-0.2, 0) is 10.1 Å². The van der Waals surface area contributed by atoms with E-state index in [1.165, 1.54) is 12.1 Å². The first-order valence-corrected chi connectivity index (χ1v) is 8.46. The number of benzene rings is 1. The van der Waals surface area contributed by atoms with Gasteiger partial charge in [0.15, 0.2) is 0 Å². The minimum atomic E-state index is -4.35. The Bertz CT molecular complexity index is 478. The molecular weight excluding hydrogens is 278 g/mol. The van der Waals surface area contributed by atoms with Crippen molar-refractivity contribution < 1.29 is 42.5 Å². The summed E-state index contributed by atoms with van der Waals surface area (Å²) in [5, 5.41) is 0.988. The van der Waals surface area contributed by atoms with Crippen LogP contribution in [0.2, 0.25) is 0 Å². The molecule has 0 aromatic heterocycles. The Kier molecular flexibility index (Phi) is 7.60. The molecule has 0 radical (unpaired) electrons. The maximum absolute atomic E-state index is 11.0. The summed E-state index contributed by atoms with van der Waals surface area (Å²) in [7, 11) is -4.79. The van der Waals surface area contributed by atoms with Crippen LogP contribution < -0.4 is 34.9 Å². The monoisotopic (exact) mass is 296 g/mol. The van der Waals surface area contributed by atoms with E-state index >= 15 is 0 Å². The summed E-state index contributed by atoms with van der Waals surface area (Å²) in [5.74, 6) is 0. The van der Waals surface area contributed by atoms with Crippen LogP contribution in [0.4, 0.5) is 0 Å². The van der Waals surface area contributed by atoms with Crippen LogP contribution in [-0.4, -0.2) is 24.3 Å². The van der Waals surface area contributed by atoms with Crippen molar-refractivity contribution in [3.63, 3.8) is 0 Å². The van der Waals surface area contributed by atoms with E-state index in [2.05, 4.69) is 27.7 Å². The van der Waals surface area contributed by atoms with Crippen molar-refractivity contribution in [3.8, 4) is 0 Å². The largest absolute Gasteiger partial charge is 1.00 e. The minimum Gasteiger partial charge on any atom is -0.744 e. The molecule has 0 N–H and O–H groups in total. The Labute approximate surface area is 133 Å². The van der Waals surface area contributed by atoms with Gasteiger partial charge in [-0.05, 0) is 28.8 Å². The molecule has 0 unspecified atom stereocenters. The fourth-order valence-electron chi connectivity index (χ4n) is 1.99. The predicted molar refractivity (Wildman–Crippen MR) is 71.2 cm³/mol. The van der Waals surface area contributed by atoms with E-state index < -0.39 is 18.0 Å². The number of hydrogen-bond acceptors (Lipinski definition) is 3. The maximum atomic E-state index is 11.0. The van der Waals surface area contributed by atoms with Gasteiger partial charge in [-0.15, -0.1) is 0 Å². The molecule has 0 spiro atoms. The molecule has 0 saturated carbocycles. The predicted octanol–water partition coefficient (Wildman–Crippen LogP) is -0.481. The van der Waals surface area contributed by atoms with Crippen LogP contribution in [0.1, 0.15) is 27.7 Å². The molecule has 18 heavy (non-hydrogen) atoms. The van der Waals surface area contributed by atoms with Crippen molar-refractivity contribution in [1.82, 2.24) is 0 Å². The average molecular weight is 296 g/mol. The van der Waals surface area contributed by atoms with Crippen LogP contribution in [0.15, 0.2) is 29.2 Å². The molecule has 0 bridgehead atoms. The molecule has 0 aliphatic rings. The Balaban J connectivity index is 0.00000289. The van der Waals surface area contributed by atoms with Gasteiger partial charge < -0.3 is 4.55 Å². The first-order valence-electron chi connectivity index (χ1n) is 5.57. The third kappa shape index (κ3) is 4.92. The van der Waals surface area contributed by atoms with Crippen molar-refractivity contribution >= 4 is 23.3 Å². The molecule has 0 amide bonds. The molecule has 1 rings (SSSR count). The molecule has 0 atom stereocenters. The van der Waals surface area contributed by atoms with Crippen molar-refractivity contribution in [3.05, 3.63) is 24.3 Å². The van der Waals surface area contributed by atoms with E-state index in [4.69, 9.17) is 0 Å². The summed E-state index contributed by atoms with van der Waals surface area (Å²) in [6, 6.07) is 6.47. The van der Waals surface area contributed by atoms with Crippen LogP contribution in [0.25, 0.3) is 0 Å². The second kappa shape index (κ2) is 7.37. The van der Waals surface area contributed by atoms with Gasteiger partial charge in [-0.3, -0.25) is 0 Å². The summed E-state index contributed by atoms with van der Waals surface area (Å²) in [5.41, 5.74) is 0.934. The SMILES string of the molecule is CC(C)P(c1cccc(S(=O)(=O)[O-])c1)C(C)C.[Na+]. The molecular formula is C12H18NaO3PS. The van der Waals surface area contributed by atoms with Gasteiger partial charge in [0.05, 0.1) is 4.90 Å². The standard InChI is InChI=1S/C12H19O3PS.Na/c1-9(2)16(10(3)4)11-6-5-7-12(8-11)17(13,14)15;/h5-10H,1-4H3,(H,13,14,15);/q;+1/p-1. The molecule has 0 aliphatic heterocycles. The summed E-state index contributed by atoms with van der Waals surface area (Å²) >= 11 is 0. The summed E-state index contributed by atoms with van der Waals surface area (Å²) in [6.07, 6.45) is 0. The molecule has 1 aromatic rings. The summed E-state index contributed by atoms with van der Waals surface area (Å²) < 4.78 is 33.0. The molecule has 0 heterocycles. The molecule has 0 saturated heterocycles. The van der Waals surface area contributed by atoms with Crippen LogP contribution >= 0.6 is 7.92 Å². The van der Waals surface area contributed by atoms with E-state index in [1.807, 2.05) is 6.07 Å². The molecule has 0 aliphatic carbocycles. The van der Waals surface area contributed by atoms with Gasteiger partial charge in [-0.2, -0.15) is 0 Å².